The van der Waals surface area contributed by atoms with Gasteiger partial charge in [0.05, 0.1) is 6.10 Å². The first-order chi connectivity index (χ1) is 8.58. The number of benzene rings is 1. The minimum atomic E-state index is -0.676. The fourth-order valence-corrected chi connectivity index (χ4v) is 2.14. The first-order valence-electron chi connectivity index (χ1n) is 5.91. The zero-order valence-corrected chi connectivity index (χ0v) is 9.86. The largest absolute Gasteiger partial charge is 0.366 e. The summed E-state index contributed by atoms with van der Waals surface area (Å²) in [5, 5.41) is 0. The second-order valence-corrected chi connectivity index (χ2v) is 4.48. The predicted octanol–water partition coefficient (Wildman–Crippen LogP) is 1.58. The highest BCUT2D eigenvalue weighted by Crippen LogP contribution is 2.21. The number of carbonyl (C=O) groups excluding carboxylic acids is 1. The molecule has 5 heteroatoms. The van der Waals surface area contributed by atoms with E-state index in [1.165, 1.54) is 0 Å². The summed E-state index contributed by atoms with van der Waals surface area (Å²) in [4.78, 5) is 11.9. The number of Topliss-reactive ketones (excluding diaryl/α,β-unsaturated/α-hetero) is 1. The highest BCUT2D eigenvalue weighted by atomic mass is 19.1. The van der Waals surface area contributed by atoms with Crippen LogP contribution in [0.5, 0.6) is 0 Å². The van der Waals surface area contributed by atoms with Crippen LogP contribution in [0.1, 0.15) is 18.4 Å². The zero-order valence-electron chi connectivity index (χ0n) is 9.86. The van der Waals surface area contributed by atoms with Crippen LogP contribution in [0.2, 0.25) is 0 Å². The molecular formula is C13H15F2NO2. The van der Waals surface area contributed by atoms with Gasteiger partial charge in [0.2, 0.25) is 0 Å². The van der Waals surface area contributed by atoms with Gasteiger partial charge in [0, 0.05) is 19.0 Å². The average Bonchev–Trinajstić information content (AvgIpc) is 2.75. The lowest BCUT2D eigenvalue weighted by molar-refractivity contribution is -0.128. The minimum absolute atomic E-state index is 0.0172. The summed E-state index contributed by atoms with van der Waals surface area (Å²) in [6.07, 6.45) is 0.785. The Morgan fingerprint density at radius 3 is 2.50 bits per heavy atom. The summed E-state index contributed by atoms with van der Waals surface area (Å²) >= 11 is 0. The lowest BCUT2D eigenvalue weighted by atomic mass is 10.0. The number of carbonyl (C=O) groups is 1. The summed E-state index contributed by atoms with van der Waals surface area (Å²) in [6.45, 7) is 0.387. The van der Waals surface area contributed by atoms with Crippen molar-refractivity contribution in [3.8, 4) is 0 Å². The summed E-state index contributed by atoms with van der Waals surface area (Å²) in [5.41, 5.74) is 5.78. The van der Waals surface area contributed by atoms with E-state index in [4.69, 9.17) is 10.5 Å². The molecule has 0 bridgehead atoms. The number of ketones is 1. The van der Waals surface area contributed by atoms with E-state index in [0.29, 0.717) is 18.5 Å². The molecule has 98 valence electrons. The molecule has 1 aromatic rings. The van der Waals surface area contributed by atoms with Crippen molar-refractivity contribution in [2.24, 2.45) is 5.73 Å². The topological polar surface area (TPSA) is 52.3 Å². The Morgan fingerprint density at radius 2 is 1.94 bits per heavy atom. The molecule has 1 aliphatic rings. The van der Waals surface area contributed by atoms with Gasteiger partial charge in [-0.1, -0.05) is 0 Å². The van der Waals surface area contributed by atoms with E-state index >= 15 is 0 Å². The Bertz CT molecular complexity index is 430. The molecule has 0 aliphatic carbocycles. The van der Waals surface area contributed by atoms with Crippen molar-refractivity contribution in [3.63, 3.8) is 0 Å². The fraction of sp³-hybridized carbons (Fsp3) is 0.462. The normalized spacial score (nSPS) is 23.3. The Labute approximate surface area is 104 Å². The second-order valence-electron chi connectivity index (χ2n) is 4.48. The minimum Gasteiger partial charge on any atom is -0.366 e. The summed E-state index contributed by atoms with van der Waals surface area (Å²) in [5.74, 6) is -1.51. The molecule has 18 heavy (non-hydrogen) atoms. The van der Waals surface area contributed by atoms with Gasteiger partial charge in [-0.2, -0.15) is 0 Å². The Kier molecular flexibility index (Phi) is 4.04. The molecular weight excluding hydrogens is 240 g/mol. The first kappa shape index (κ1) is 13.1. The SMILES string of the molecule is NCC1CCC(C(=O)Cc2cc(F)cc(F)c2)O1. The van der Waals surface area contributed by atoms with Crippen LogP contribution >= 0.6 is 0 Å². The maximum absolute atomic E-state index is 13.0. The van der Waals surface area contributed by atoms with Gasteiger partial charge in [-0.15, -0.1) is 0 Å². The predicted molar refractivity (Wildman–Crippen MR) is 62.0 cm³/mol. The Balaban J connectivity index is 1.99. The van der Waals surface area contributed by atoms with E-state index in [0.717, 1.165) is 24.6 Å². The van der Waals surface area contributed by atoms with E-state index in [1.54, 1.807) is 0 Å². The van der Waals surface area contributed by atoms with Crippen LogP contribution in [0, 0.1) is 11.6 Å². The molecule has 2 rings (SSSR count). The molecule has 2 unspecified atom stereocenters. The average molecular weight is 255 g/mol. The fourth-order valence-electron chi connectivity index (χ4n) is 2.14. The van der Waals surface area contributed by atoms with Crippen molar-refractivity contribution in [2.45, 2.75) is 31.5 Å². The number of rotatable bonds is 4. The molecule has 1 fully saturated rings. The third kappa shape index (κ3) is 3.11. The molecule has 1 heterocycles. The maximum Gasteiger partial charge on any atom is 0.165 e. The van der Waals surface area contributed by atoms with Gasteiger partial charge in [-0.25, -0.2) is 8.78 Å². The lowest BCUT2D eigenvalue weighted by Crippen LogP contribution is -2.26. The maximum atomic E-state index is 13.0. The van der Waals surface area contributed by atoms with Crippen LogP contribution in [-0.2, 0) is 16.0 Å². The van der Waals surface area contributed by atoms with Crippen LogP contribution < -0.4 is 5.73 Å². The molecule has 0 spiro atoms. The van der Waals surface area contributed by atoms with Gasteiger partial charge in [-0.05, 0) is 30.5 Å². The highest BCUT2D eigenvalue weighted by Gasteiger charge is 2.29. The second kappa shape index (κ2) is 5.54. The summed E-state index contributed by atoms with van der Waals surface area (Å²) in [6, 6.07) is 3.11. The monoisotopic (exact) mass is 255 g/mol. The van der Waals surface area contributed by atoms with E-state index in [-0.39, 0.29) is 18.3 Å². The third-order valence-electron chi connectivity index (χ3n) is 3.03. The third-order valence-corrected chi connectivity index (χ3v) is 3.03. The molecule has 0 aromatic heterocycles. The number of nitrogens with two attached hydrogens (primary N) is 1. The van der Waals surface area contributed by atoms with Crippen molar-refractivity contribution in [2.75, 3.05) is 6.54 Å². The molecule has 0 saturated carbocycles. The number of ether oxygens (including phenoxy) is 1. The smallest absolute Gasteiger partial charge is 0.165 e. The van der Waals surface area contributed by atoms with Gasteiger partial charge in [0.25, 0.3) is 0 Å². The van der Waals surface area contributed by atoms with E-state index in [9.17, 15) is 13.6 Å². The lowest BCUT2D eigenvalue weighted by Gasteiger charge is -2.11. The first-order valence-corrected chi connectivity index (χ1v) is 5.91. The molecule has 0 radical (unpaired) electrons. The summed E-state index contributed by atoms with van der Waals surface area (Å²) < 4.78 is 31.4. The quantitative estimate of drug-likeness (QED) is 0.888. The zero-order chi connectivity index (χ0) is 13.1. The van der Waals surface area contributed by atoms with E-state index in [2.05, 4.69) is 0 Å². The molecule has 2 atom stereocenters. The van der Waals surface area contributed by atoms with Gasteiger partial charge in [-0.3, -0.25) is 4.79 Å². The number of hydrogen-bond acceptors (Lipinski definition) is 3. The van der Waals surface area contributed by atoms with Crippen molar-refractivity contribution in [1.82, 2.24) is 0 Å². The Hall–Kier alpha value is -1.33. The van der Waals surface area contributed by atoms with Gasteiger partial charge < -0.3 is 10.5 Å². The van der Waals surface area contributed by atoms with Crippen LogP contribution in [-0.4, -0.2) is 24.5 Å². The highest BCUT2D eigenvalue weighted by molar-refractivity contribution is 5.85. The molecule has 0 amide bonds. The summed E-state index contributed by atoms with van der Waals surface area (Å²) in [7, 11) is 0. The van der Waals surface area contributed by atoms with E-state index in [1.807, 2.05) is 0 Å². The molecule has 2 N–H and O–H groups in total. The van der Waals surface area contributed by atoms with Crippen molar-refractivity contribution < 1.29 is 18.3 Å². The molecule has 1 aromatic carbocycles. The standard InChI is InChI=1S/C13H15F2NO2/c14-9-3-8(4-10(15)6-9)5-12(17)13-2-1-11(7-16)18-13/h3-4,6,11,13H,1-2,5,7,16H2. The van der Waals surface area contributed by atoms with Gasteiger partial charge in [0.15, 0.2) is 5.78 Å². The number of hydrogen-bond donors (Lipinski definition) is 1. The number of halogens is 2. The van der Waals surface area contributed by atoms with E-state index < -0.39 is 17.7 Å². The van der Waals surface area contributed by atoms with Gasteiger partial charge in [0.1, 0.15) is 17.7 Å². The van der Waals surface area contributed by atoms with Crippen LogP contribution in [0.4, 0.5) is 8.78 Å². The van der Waals surface area contributed by atoms with Gasteiger partial charge >= 0.3 is 0 Å². The Morgan fingerprint density at radius 1 is 1.28 bits per heavy atom. The van der Waals surface area contributed by atoms with Crippen LogP contribution in [0.3, 0.4) is 0 Å². The van der Waals surface area contributed by atoms with Crippen molar-refractivity contribution in [3.05, 3.63) is 35.4 Å². The van der Waals surface area contributed by atoms with Crippen LogP contribution in [0.15, 0.2) is 18.2 Å². The van der Waals surface area contributed by atoms with Crippen molar-refractivity contribution in [1.29, 1.82) is 0 Å². The van der Waals surface area contributed by atoms with Crippen molar-refractivity contribution >= 4 is 5.78 Å². The molecule has 1 saturated heterocycles. The van der Waals surface area contributed by atoms with Crippen LogP contribution in [0.25, 0.3) is 0 Å². The molecule has 1 aliphatic heterocycles. The molecule has 3 nitrogen and oxygen atoms in total.